The van der Waals surface area contributed by atoms with Gasteiger partial charge in [-0.3, -0.25) is 0 Å². The molecule has 0 atom stereocenters. The number of aliphatic carboxylic acids is 1. The first-order valence-electron chi connectivity index (χ1n) is 11.6. The lowest BCUT2D eigenvalue weighted by molar-refractivity contribution is -0.130. The van der Waals surface area contributed by atoms with Crippen molar-refractivity contribution in [2.45, 2.75) is 18.7 Å². The molecule has 4 rings (SSSR count). The number of carboxylic acid groups (broad SMARTS) is 1. The number of carboxylic acids is 1. The lowest BCUT2D eigenvalue weighted by Gasteiger charge is -2.12. The summed E-state index contributed by atoms with van der Waals surface area (Å²) in [5.74, 6) is -1.79. The smallest absolute Gasteiger partial charge is 0.356 e. The molecule has 0 unspecified atom stereocenters. The third-order valence-corrected chi connectivity index (χ3v) is 8.17. The summed E-state index contributed by atoms with van der Waals surface area (Å²) < 4.78 is 39.2. The van der Waals surface area contributed by atoms with E-state index in [1.807, 2.05) is 0 Å². The first-order chi connectivity index (χ1) is 18.5. The predicted octanol–water partition coefficient (Wildman–Crippen LogP) is 6.30. The minimum Gasteiger partial charge on any atom is -0.497 e. The SMILES string of the molecule is CCOC(=O)c1c(/C=C(\C(=O)O)c2ccc(OC)cc2)c2c(Cl)cc(Cl)cc2n1S(=O)(=O)c1ccc(C)cc1. The fourth-order valence-corrected chi connectivity index (χ4v) is 6.21. The summed E-state index contributed by atoms with van der Waals surface area (Å²) in [6.45, 7) is 3.31. The van der Waals surface area contributed by atoms with E-state index in [0.29, 0.717) is 5.75 Å². The van der Waals surface area contributed by atoms with Crippen molar-refractivity contribution in [1.29, 1.82) is 0 Å². The number of hydrogen-bond acceptors (Lipinski definition) is 6. The highest BCUT2D eigenvalue weighted by atomic mass is 35.5. The van der Waals surface area contributed by atoms with Crippen molar-refractivity contribution in [1.82, 2.24) is 3.97 Å². The van der Waals surface area contributed by atoms with Crippen LogP contribution in [0, 0.1) is 6.92 Å². The molecule has 0 aliphatic carbocycles. The Hall–Kier alpha value is -3.79. The number of esters is 1. The Kier molecular flexibility index (Phi) is 8.06. The van der Waals surface area contributed by atoms with Crippen LogP contribution in [-0.2, 0) is 19.6 Å². The van der Waals surface area contributed by atoms with Crippen LogP contribution in [0.3, 0.4) is 0 Å². The maximum Gasteiger partial charge on any atom is 0.356 e. The maximum atomic E-state index is 14.0. The molecule has 0 spiro atoms. The average Bonchev–Trinajstić information content (AvgIpc) is 3.22. The van der Waals surface area contributed by atoms with E-state index in [9.17, 15) is 23.1 Å². The van der Waals surface area contributed by atoms with Crippen LogP contribution in [0.15, 0.2) is 65.6 Å². The molecule has 1 aromatic heterocycles. The molecule has 0 radical (unpaired) electrons. The first-order valence-corrected chi connectivity index (χ1v) is 13.8. The van der Waals surface area contributed by atoms with Crippen LogP contribution < -0.4 is 4.74 Å². The van der Waals surface area contributed by atoms with Crippen molar-refractivity contribution in [3.63, 3.8) is 0 Å². The van der Waals surface area contributed by atoms with E-state index in [1.165, 1.54) is 49.6 Å². The van der Waals surface area contributed by atoms with Crippen LogP contribution in [0.2, 0.25) is 10.0 Å². The monoisotopic (exact) mass is 587 g/mol. The van der Waals surface area contributed by atoms with Gasteiger partial charge < -0.3 is 14.6 Å². The van der Waals surface area contributed by atoms with Crippen LogP contribution in [0.25, 0.3) is 22.6 Å². The number of ether oxygens (including phenoxy) is 2. The van der Waals surface area contributed by atoms with Gasteiger partial charge in [0, 0.05) is 16.0 Å². The van der Waals surface area contributed by atoms with Crippen LogP contribution in [0.1, 0.15) is 34.1 Å². The molecule has 39 heavy (non-hydrogen) atoms. The number of hydrogen-bond donors (Lipinski definition) is 1. The molecule has 0 bridgehead atoms. The Labute approximate surface area is 235 Å². The van der Waals surface area contributed by atoms with E-state index in [-0.39, 0.29) is 49.2 Å². The molecular weight excluding hydrogens is 565 g/mol. The van der Waals surface area contributed by atoms with E-state index in [4.69, 9.17) is 32.7 Å². The van der Waals surface area contributed by atoms with Crippen molar-refractivity contribution < 1.29 is 32.6 Å². The zero-order valence-electron chi connectivity index (χ0n) is 21.1. The number of aryl methyl sites for hydroxylation is 1. The summed E-state index contributed by atoms with van der Waals surface area (Å²) in [5, 5.41) is 10.4. The summed E-state index contributed by atoms with van der Waals surface area (Å²) in [7, 11) is -2.94. The van der Waals surface area contributed by atoms with Crippen LogP contribution >= 0.6 is 23.2 Å². The number of nitrogens with zero attached hydrogens (tertiary/aromatic N) is 1. The number of carbonyl (C=O) groups is 2. The van der Waals surface area contributed by atoms with Gasteiger partial charge in [-0.05, 0) is 61.9 Å². The average molecular weight is 588 g/mol. The number of methoxy groups -OCH3 is 1. The Morgan fingerprint density at radius 1 is 1.03 bits per heavy atom. The van der Waals surface area contributed by atoms with Gasteiger partial charge in [0.2, 0.25) is 0 Å². The van der Waals surface area contributed by atoms with E-state index < -0.39 is 27.7 Å². The lowest BCUT2D eigenvalue weighted by Crippen LogP contribution is -2.20. The van der Waals surface area contributed by atoms with Gasteiger partial charge in [-0.25, -0.2) is 22.0 Å². The Morgan fingerprint density at radius 3 is 2.23 bits per heavy atom. The van der Waals surface area contributed by atoms with Gasteiger partial charge in [0.05, 0.1) is 34.7 Å². The minimum absolute atomic E-state index is 0.0122. The second-order valence-corrected chi connectivity index (χ2v) is 11.1. The molecular formula is C28H23Cl2NO7S. The molecule has 0 saturated carbocycles. The number of rotatable bonds is 8. The van der Waals surface area contributed by atoms with E-state index in [0.717, 1.165) is 9.54 Å². The van der Waals surface area contributed by atoms with Crippen LogP contribution in [0.4, 0.5) is 0 Å². The molecule has 4 aromatic rings. The van der Waals surface area contributed by atoms with Crippen LogP contribution in [-0.4, -0.2) is 43.2 Å². The van der Waals surface area contributed by atoms with Crippen LogP contribution in [0.5, 0.6) is 5.75 Å². The Morgan fingerprint density at radius 2 is 1.67 bits per heavy atom. The first kappa shape index (κ1) is 28.2. The van der Waals surface area contributed by atoms with Gasteiger partial charge in [0.25, 0.3) is 10.0 Å². The molecule has 8 nitrogen and oxygen atoms in total. The fraction of sp³-hybridized carbons (Fsp3) is 0.143. The quantitative estimate of drug-likeness (QED) is 0.190. The molecule has 0 fully saturated rings. The molecule has 1 heterocycles. The van der Waals surface area contributed by atoms with E-state index in [1.54, 1.807) is 38.1 Å². The summed E-state index contributed by atoms with van der Waals surface area (Å²) in [5.41, 5.74) is 0.420. The zero-order chi connectivity index (χ0) is 28.5. The third-order valence-electron chi connectivity index (χ3n) is 5.93. The summed E-state index contributed by atoms with van der Waals surface area (Å²) in [6.07, 6.45) is 1.21. The summed E-state index contributed by atoms with van der Waals surface area (Å²) in [6, 6.07) is 15.0. The fourth-order valence-electron chi connectivity index (χ4n) is 4.12. The molecule has 0 aliphatic heterocycles. The highest BCUT2D eigenvalue weighted by molar-refractivity contribution is 7.90. The second-order valence-electron chi connectivity index (χ2n) is 8.44. The lowest BCUT2D eigenvalue weighted by atomic mass is 10.0. The van der Waals surface area contributed by atoms with Gasteiger partial charge in [-0.2, -0.15) is 0 Å². The van der Waals surface area contributed by atoms with Crippen molar-refractivity contribution >= 4 is 67.7 Å². The molecule has 11 heteroatoms. The van der Waals surface area contributed by atoms with E-state index in [2.05, 4.69) is 0 Å². The highest BCUT2D eigenvalue weighted by Gasteiger charge is 2.33. The second kappa shape index (κ2) is 11.1. The highest BCUT2D eigenvalue weighted by Crippen LogP contribution is 2.39. The number of aromatic nitrogens is 1. The Balaban J connectivity index is 2.16. The predicted molar refractivity (Wildman–Crippen MR) is 150 cm³/mol. The van der Waals surface area contributed by atoms with Crippen molar-refractivity contribution in [3.8, 4) is 5.75 Å². The van der Waals surface area contributed by atoms with Crippen molar-refractivity contribution in [2.24, 2.45) is 0 Å². The normalized spacial score (nSPS) is 12.0. The topological polar surface area (TPSA) is 112 Å². The molecule has 3 aromatic carbocycles. The molecule has 0 saturated heterocycles. The van der Waals surface area contributed by atoms with Gasteiger partial charge in [-0.15, -0.1) is 0 Å². The molecule has 0 amide bonds. The van der Waals surface area contributed by atoms with Crippen molar-refractivity contribution in [3.05, 3.63) is 93.1 Å². The standard InChI is InChI=1S/C28H23Cl2NO7S/c1-4-38-28(34)26-22(15-21(27(32)33)17-7-9-19(37-3)10-8-17)25-23(30)13-18(29)14-24(25)31(26)39(35,36)20-11-5-16(2)6-12-20/h5-15H,4H2,1-3H3,(H,32,33)/b21-15-. The van der Waals surface area contributed by atoms with Gasteiger partial charge >= 0.3 is 11.9 Å². The molecule has 202 valence electrons. The summed E-state index contributed by atoms with van der Waals surface area (Å²) >= 11 is 12.8. The number of benzene rings is 3. The number of fused-ring (bicyclic) bond motifs is 1. The third kappa shape index (κ3) is 5.38. The molecule has 1 N–H and O–H groups in total. The van der Waals surface area contributed by atoms with Gasteiger partial charge in [0.15, 0.2) is 5.69 Å². The minimum atomic E-state index is -4.41. The van der Waals surface area contributed by atoms with Gasteiger partial charge in [-0.1, -0.05) is 53.0 Å². The maximum absolute atomic E-state index is 14.0. The van der Waals surface area contributed by atoms with Crippen molar-refractivity contribution in [2.75, 3.05) is 13.7 Å². The van der Waals surface area contributed by atoms with Gasteiger partial charge in [0.1, 0.15) is 5.75 Å². The largest absolute Gasteiger partial charge is 0.497 e. The molecule has 0 aliphatic rings. The summed E-state index contributed by atoms with van der Waals surface area (Å²) in [4.78, 5) is 25.7. The Bertz CT molecular complexity index is 1720. The number of halogens is 2. The number of carbonyl (C=O) groups excluding carboxylic acids is 1. The van der Waals surface area contributed by atoms with E-state index >= 15 is 0 Å². The zero-order valence-corrected chi connectivity index (χ0v) is 23.4.